The second-order valence-electron chi connectivity index (χ2n) is 4.88. The van der Waals surface area contributed by atoms with E-state index in [1.807, 2.05) is 0 Å². The Labute approximate surface area is 150 Å². The Morgan fingerprint density at radius 3 is 2.59 bits per heavy atom. The number of hydrogen-bond acceptors (Lipinski definition) is 6. The predicted octanol–water partition coefficient (Wildman–Crippen LogP) is 3.96. The van der Waals surface area contributed by atoms with Gasteiger partial charge in [0, 0.05) is 23.8 Å². The lowest BCUT2D eigenvalue weighted by Gasteiger charge is -2.12. The minimum atomic E-state index is -3.13. The van der Waals surface area contributed by atoms with E-state index in [1.54, 1.807) is 0 Å². The third-order valence-electron chi connectivity index (χ3n) is 3.16. The lowest BCUT2D eigenvalue weighted by atomic mass is 10.1. The maximum Gasteiger partial charge on any atom is 0.387 e. The van der Waals surface area contributed by atoms with Crippen LogP contribution in [-0.2, 0) is 4.79 Å². The molecule has 0 spiro atoms. The van der Waals surface area contributed by atoms with Crippen molar-refractivity contribution in [3.05, 3.63) is 64.0 Å². The maximum atomic E-state index is 13.2. The number of para-hydroxylation sites is 1. The molecule has 0 saturated carbocycles. The van der Waals surface area contributed by atoms with Gasteiger partial charge in [-0.3, -0.25) is 10.1 Å². The normalized spacial score (nSPS) is 10.9. The van der Waals surface area contributed by atoms with Crippen LogP contribution in [0.15, 0.2) is 42.5 Å². The fourth-order valence-corrected chi connectivity index (χ4v) is 2.06. The maximum absolute atomic E-state index is 13.2. The summed E-state index contributed by atoms with van der Waals surface area (Å²) in [4.78, 5) is 21.9. The number of nitro benzene ring substituents is 1. The molecule has 0 unspecified atom stereocenters. The molecule has 10 heteroatoms. The number of nitrogens with zero attached hydrogens (tertiary/aromatic N) is 1. The van der Waals surface area contributed by atoms with Gasteiger partial charge in [0.05, 0.1) is 12.0 Å². The average molecular weight is 383 g/mol. The molecule has 0 aliphatic rings. The van der Waals surface area contributed by atoms with Crippen molar-refractivity contribution in [2.75, 3.05) is 7.11 Å². The standard InChI is InChI=1S/C17H12F3NO6/c1-25-13-4-2-3-10(16(13)27-17(19)20)5-8-15(22)26-14-9-11(18)6-7-12(14)21(23)24/h2-9,17H,1H3/b8-5+. The Hall–Kier alpha value is -3.56. The molecular weight excluding hydrogens is 371 g/mol. The van der Waals surface area contributed by atoms with Crippen molar-refractivity contribution in [3.8, 4) is 17.2 Å². The topological polar surface area (TPSA) is 87.9 Å². The summed E-state index contributed by atoms with van der Waals surface area (Å²) >= 11 is 0. The zero-order valence-electron chi connectivity index (χ0n) is 13.7. The van der Waals surface area contributed by atoms with Gasteiger partial charge in [-0.25, -0.2) is 9.18 Å². The van der Waals surface area contributed by atoms with Crippen molar-refractivity contribution in [1.29, 1.82) is 0 Å². The van der Waals surface area contributed by atoms with Crippen molar-refractivity contribution < 1.29 is 37.1 Å². The summed E-state index contributed by atoms with van der Waals surface area (Å²) in [5.41, 5.74) is -0.540. The van der Waals surface area contributed by atoms with Crippen LogP contribution in [0.25, 0.3) is 6.08 Å². The number of carbonyl (C=O) groups excluding carboxylic acids is 1. The Morgan fingerprint density at radius 1 is 1.22 bits per heavy atom. The second-order valence-corrected chi connectivity index (χ2v) is 4.88. The number of hydrogen-bond donors (Lipinski definition) is 0. The van der Waals surface area contributed by atoms with Crippen LogP contribution in [0.5, 0.6) is 17.2 Å². The molecule has 0 N–H and O–H groups in total. The van der Waals surface area contributed by atoms with E-state index in [-0.39, 0.29) is 17.1 Å². The summed E-state index contributed by atoms with van der Waals surface area (Å²) in [6.45, 7) is -3.13. The van der Waals surface area contributed by atoms with Crippen LogP contribution in [0, 0.1) is 15.9 Å². The fourth-order valence-electron chi connectivity index (χ4n) is 2.06. The highest BCUT2D eigenvalue weighted by molar-refractivity contribution is 5.90. The smallest absolute Gasteiger partial charge is 0.387 e. The zero-order chi connectivity index (χ0) is 20.0. The first-order valence-corrected chi connectivity index (χ1v) is 7.27. The molecule has 2 aromatic rings. The Balaban J connectivity index is 2.25. The van der Waals surface area contributed by atoms with E-state index in [4.69, 9.17) is 9.47 Å². The summed E-state index contributed by atoms with van der Waals surface area (Å²) in [5.74, 6) is -2.82. The van der Waals surface area contributed by atoms with Gasteiger partial charge in [0.15, 0.2) is 11.5 Å². The Bertz CT molecular complexity index is 885. The van der Waals surface area contributed by atoms with Gasteiger partial charge in [-0.1, -0.05) is 12.1 Å². The average Bonchev–Trinajstić information content (AvgIpc) is 2.60. The third-order valence-corrected chi connectivity index (χ3v) is 3.16. The molecule has 7 nitrogen and oxygen atoms in total. The van der Waals surface area contributed by atoms with Crippen LogP contribution in [0.2, 0.25) is 0 Å². The highest BCUT2D eigenvalue weighted by Gasteiger charge is 2.18. The Morgan fingerprint density at radius 2 is 1.96 bits per heavy atom. The van der Waals surface area contributed by atoms with E-state index in [2.05, 4.69) is 4.74 Å². The molecule has 142 valence electrons. The van der Waals surface area contributed by atoms with Crippen molar-refractivity contribution >= 4 is 17.7 Å². The van der Waals surface area contributed by atoms with Crippen LogP contribution in [0.1, 0.15) is 5.56 Å². The van der Waals surface area contributed by atoms with Gasteiger partial charge in [-0.2, -0.15) is 8.78 Å². The van der Waals surface area contributed by atoms with Crippen molar-refractivity contribution in [3.63, 3.8) is 0 Å². The van der Waals surface area contributed by atoms with Crippen molar-refractivity contribution in [1.82, 2.24) is 0 Å². The summed E-state index contributed by atoms with van der Waals surface area (Å²) in [6, 6.07) is 6.59. The lowest BCUT2D eigenvalue weighted by Crippen LogP contribution is -2.07. The van der Waals surface area contributed by atoms with Crippen LogP contribution in [0.4, 0.5) is 18.9 Å². The van der Waals surface area contributed by atoms with Crippen LogP contribution in [-0.4, -0.2) is 24.6 Å². The number of nitro groups is 1. The van der Waals surface area contributed by atoms with Gasteiger partial charge < -0.3 is 14.2 Å². The van der Waals surface area contributed by atoms with Crippen LogP contribution >= 0.6 is 0 Å². The number of methoxy groups -OCH3 is 1. The number of benzene rings is 2. The molecule has 0 aliphatic carbocycles. The van der Waals surface area contributed by atoms with Gasteiger partial charge in [-0.05, 0) is 18.2 Å². The molecule has 0 bridgehead atoms. The zero-order valence-corrected chi connectivity index (χ0v) is 13.7. The van der Waals surface area contributed by atoms with E-state index in [0.29, 0.717) is 6.07 Å². The van der Waals surface area contributed by atoms with E-state index in [0.717, 1.165) is 24.3 Å². The number of esters is 1. The van der Waals surface area contributed by atoms with Gasteiger partial charge in [0.1, 0.15) is 5.82 Å². The molecule has 27 heavy (non-hydrogen) atoms. The molecule has 0 aliphatic heterocycles. The second kappa shape index (κ2) is 8.70. The van der Waals surface area contributed by atoms with Gasteiger partial charge in [0.25, 0.3) is 0 Å². The quantitative estimate of drug-likeness (QED) is 0.236. The van der Waals surface area contributed by atoms with Crippen LogP contribution < -0.4 is 14.2 Å². The first kappa shape index (κ1) is 19.8. The third kappa shape index (κ3) is 5.21. The molecule has 0 fully saturated rings. The van der Waals surface area contributed by atoms with E-state index < -0.39 is 34.8 Å². The van der Waals surface area contributed by atoms with E-state index in [1.165, 1.54) is 25.3 Å². The SMILES string of the molecule is COc1cccc(/C=C/C(=O)Oc2cc(F)ccc2[N+](=O)[O-])c1OC(F)F. The summed E-state index contributed by atoms with van der Waals surface area (Å²) in [6.07, 6.45) is 1.91. The number of ether oxygens (including phenoxy) is 3. The molecule has 0 amide bonds. The minimum Gasteiger partial charge on any atom is -0.493 e. The number of rotatable bonds is 7. The van der Waals surface area contributed by atoms with Crippen LogP contribution in [0.3, 0.4) is 0 Å². The Kier molecular flexibility index (Phi) is 6.36. The summed E-state index contributed by atoms with van der Waals surface area (Å²) in [5, 5.41) is 10.9. The van der Waals surface area contributed by atoms with Gasteiger partial charge in [-0.15, -0.1) is 0 Å². The largest absolute Gasteiger partial charge is 0.493 e. The number of halogens is 3. The fraction of sp³-hybridized carbons (Fsp3) is 0.118. The van der Waals surface area contributed by atoms with E-state index >= 15 is 0 Å². The van der Waals surface area contributed by atoms with Crippen molar-refractivity contribution in [2.24, 2.45) is 0 Å². The molecule has 2 rings (SSSR count). The molecule has 0 radical (unpaired) electrons. The van der Waals surface area contributed by atoms with Gasteiger partial charge >= 0.3 is 18.3 Å². The van der Waals surface area contributed by atoms with E-state index in [9.17, 15) is 28.1 Å². The van der Waals surface area contributed by atoms with Crippen molar-refractivity contribution in [2.45, 2.75) is 6.61 Å². The highest BCUT2D eigenvalue weighted by Crippen LogP contribution is 2.33. The molecular formula is C17H12F3NO6. The summed E-state index contributed by atoms with van der Waals surface area (Å²) < 4.78 is 52.4. The molecule has 2 aromatic carbocycles. The molecule has 0 heterocycles. The molecule has 0 aromatic heterocycles. The lowest BCUT2D eigenvalue weighted by molar-refractivity contribution is -0.385. The monoisotopic (exact) mass is 383 g/mol. The predicted molar refractivity (Wildman–Crippen MR) is 87.3 cm³/mol. The highest BCUT2D eigenvalue weighted by atomic mass is 19.3. The minimum absolute atomic E-state index is 0.00610. The summed E-state index contributed by atoms with van der Waals surface area (Å²) in [7, 11) is 1.25. The first-order valence-electron chi connectivity index (χ1n) is 7.27. The molecule has 0 atom stereocenters. The first-order chi connectivity index (χ1) is 12.8. The number of carbonyl (C=O) groups is 1. The van der Waals surface area contributed by atoms with Gasteiger partial charge in [0.2, 0.25) is 5.75 Å². The number of alkyl halides is 2. The molecule has 0 saturated heterocycles.